The number of anilines is 2. The molecule has 0 unspecified atom stereocenters. The van der Waals surface area contributed by atoms with Gasteiger partial charge in [0.1, 0.15) is 11.5 Å². The highest BCUT2D eigenvalue weighted by Crippen LogP contribution is 2.33. The molecule has 0 spiro atoms. The minimum absolute atomic E-state index is 0.0230. The van der Waals surface area contributed by atoms with Crippen LogP contribution in [0.15, 0.2) is 48.7 Å². The first-order chi connectivity index (χ1) is 12.9. The van der Waals surface area contributed by atoms with E-state index in [2.05, 4.69) is 20.3 Å². The number of nitrogens with one attached hydrogen (secondary N) is 1. The van der Waals surface area contributed by atoms with Gasteiger partial charge in [-0.05, 0) is 24.3 Å². The molecule has 0 aliphatic heterocycles. The quantitative estimate of drug-likeness (QED) is 0.715. The van der Waals surface area contributed by atoms with Gasteiger partial charge >= 0.3 is 6.18 Å². The normalized spacial score (nSPS) is 11.1. The van der Waals surface area contributed by atoms with Crippen molar-refractivity contribution in [3.63, 3.8) is 0 Å². The van der Waals surface area contributed by atoms with Crippen molar-refractivity contribution in [2.45, 2.75) is 6.18 Å². The summed E-state index contributed by atoms with van der Waals surface area (Å²) >= 11 is 0. The van der Waals surface area contributed by atoms with Crippen molar-refractivity contribution in [3.05, 3.63) is 54.4 Å². The van der Waals surface area contributed by atoms with Gasteiger partial charge in [0.25, 0.3) is 0 Å². The molecule has 0 aliphatic carbocycles. The number of aromatic nitrogens is 3. The topological polar surface area (TPSA) is 69.2 Å². The van der Waals surface area contributed by atoms with E-state index in [0.29, 0.717) is 17.2 Å². The number of methoxy groups -OCH3 is 2. The summed E-state index contributed by atoms with van der Waals surface area (Å²) in [6.45, 7) is 0. The van der Waals surface area contributed by atoms with Crippen molar-refractivity contribution in [2.24, 2.45) is 0 Å². The van der Waals surface area contributed by atoms with Gasteiger partial charge in [0, 0.05) is 24.0 Å². The molecule has 9 heteroatoms. The lowest BCUT2D eigenvalue weighted by atomic mass is 10.2. The molecule has 0 amide bonds. The lowest BCUT2D eigenvalue weighted by molar-refractivity contribution is -0.141. The van der Waals surface area contributed by atoms with Crippen molar-refractivity contribution in [1.29, 1.82) is 0 Å². The van der Waals surface area contributed by atoms with Crippen LogP contribution in [-0.2, 0) is 6.18 Å². The molecule has 1 N–H and O–H groups in total. The highest BCUT2D eigenvalue weighted by atomic mass is 19.4. The van der Waals surface area contributed by atoms with E-state index in [1.807, 2.05) is 0 Å². The number of halogens is 3. The summed E-state index contributed by atoms with van der Waals surface area (Å²) in [6, 6.07) is 10.5. The maximum absolute atomic E-state index is 13.2. The number of rotatable bonds is 5. The SMILES string of the molecule is COc1ccc(Nc2cc(C(F)(F)F)nc(-c3ccccn3)n2)cc1OC. The van der Waals surface area contributed by atoms with Crippen molar-refractivity contribution in [1.82, 2.24) is 15.0 Å². The van der Waals surface area contributed by atoms with Crippen LogP contribution >= 0.6 is 0 Å². The summed E-state index contributed by atoms with van der Waals surface area (Å²) in [4.78, 5) is 11.8. The summed E-state index contributed by atoms with van der Waals surface area (Å²) in [7, 11) is 2.96. The fourth-order valence-electron chi connectivity index (χ4n) is 2.33. The van der Waals surface area contributed by atoms with Crippen molar-refractivity contribution in [2.75, 3.05) is 19.5 Å². The molecule has 3 rings (SSSR count). The number of alkyl halides is 3. The van der Waals surface area contributed by atoms with Crippen molar-refractivity contribution < 1.29 is 22.6 Å². The van der Waals surface area contributed by atoms with E-state index in [-0.39, 0.29) is 17.3 Å². The predicted molar refractivity (Wildman–Crippen MR) is 93.1 cm³/mol. The lowest BCUT2D eigenvalue weighted by Gasteiger charge is -2.13. The molecule has 1 aromatic carbocycles. The first-order valence-corrected chi connectivity index (χ1v) is 7.77. The third-order valence-corrected chi connectivity index (χ3v) is 3.57. The largest absolute Gasteiger partial charge is 0.493 e. The van der Waals surface area contributed by atoms with Gasteiger partial charge in [0.05, 0.1) is 14.2 Å². The first-order valence-electron chi connectivity index (χ1n) is 7.77. The summed E-state index contributed by atoms with van der Waals surface area (Å²) < 4.78 is 50.1. The molecule has 2 aromatic heterocycles. The zero-order chi connectivity index (χ0) is 19.4. The second-order valence-electron chi connectivity index (χ2n) is 5.37. The Morgan fingerprint density at radius 2 is 1.70 bits per heavy atom. The Kier molecular flexibility index (Phi) is 5.11. The second kappa shape index (κ2) is 7.48. The van der Waals surface area contributed by atoms with Crippen LogP contribution in [0.2, 0.25) is 0 Å². The minimum Gasteiger partial charge on any atom is -0.493 e. The molecule has 0 bridgehead atoms. The molecule has 3 aromatic rings. The van der Waals surface area contributed by atoms with Gasteiger partial charge < -0.3 is 14.8 Å². The number of nitrogens with zero attached hydrogens (tertiary/aromatic N) is 3. The van der Waals surface area contributed by atoms with Crippen LogP contribution in [0.25, 0.3) is 11.5 Å². The van der Waals surface area contributed by atoms with Crippen LogP contribution in [0.3, 0.4) is 0 Å². The smallest absolute Gasteiger partial charge is 0.433 e. The molecule has 140 valence electrons. The van der Waals surface area contributed by atoms with Gasteiger partial charge in [0.2, 0.25) is 0 Å². The maximum atomic E-state index is 13.2. The van der Waals surface area contributed by atoms with Crippen LogP contribution in [-0.4, -0.2) is 29.2 Å². The molecule has 0 atom stereocenters. The number of hydrogen-bond donors (Lipinski definition) is 1. The van der Waals surface area contributed by atoms with Crippen LogP contribution in [0.1, 0.15) is 5.69 Å². The van der Waals surface area contributed by atoms with E-state index in [1.165, 1.54) is 26.5 Å². The number of benzene rings is 1. The molecule has 27 heavy (non-hydrogen) atoms. The highest BCUT2D eigenvalue weighted by Gasteiger charge is 2.34. The minimum atomic E-state index is -4.62. The standard InChI is InChI=1S/C18H15F3N4O2/c1-26-13-7-6-11(9-14(13)27-2)23-16-10-15(18(19,20)21)24-17(25-16)12-5-3-4-8-22-12/h3-10H,1-2H3,(H,23,24,25). The highest BCUT2D eigenvalue weighted by molar-refractivity contribution is 5.63. The van der Waals surface area contributed by atoms with Crippen LogP contribution < -0.4 is 14.8 Å². The number of pyridine rings is 1. The zero-order valence-electron chi connectivity index (χ0n) is 14.4. The van der Waals surface area contributed by atoms with Gasteiger partial charge in [0.15, 0.2) is 23.0 Å². The van der Waals surface area contributed by atoms with E-state index in [9.17, 15) is 13.2 Å². The molecule has 2 heterocycles. The summed E-state index contributed by atoms with van der Waals surface area (Å²) in [6.07, 6.45) is -3.17. The zero-order valence-corrected chi connectivity index (χ0v) is 14.4. The Bertz CT molecular complexity index is 934. The van der Waals surface area contributed by atoms with E-state index in [4.69, 9.17) is 9.47 Å². The Morgan fingerprint density at radius 1 is 0.926 bits per heavy atom. The third kappa shape index (κ3) is 4.25. The summed E-state index contributed by atoms with van der Waals surface area (Å²) in [5.74, 6) is 0.770. The van der Waals surface area contributed by atoms with Crippen LogP contribution in [0, 0.1) is 0 Å². The van der Waals surface area contributed by atoms with Crippen molar-refractivity contribution in [3.8, 4) is 23.0 Å². The number of ether oxygens (including phenoxy) is 2. The van der Waals surface area contributed by atoms with Gasteiger partial charge in [-0.2, -0.15) is 13.2 Å². The van der Waals surface area contributed by atoms with Gasteiger partial charge in [-0.25, -0.2) is 9.97 Å². The summed E-state index contributed by atoms with van der Waals surface area (Å²) in [5.41, 5.74) is -0.355. The molecule has 0 fully saturated rings. The van der Waals surface area contributed by atoms with E-state index in [1.54, 1.807) is 30.3 Å². The predicted octanol–water partition coefficient (Wildman–Crippen LogP) is 4.32. The molecular formula is C18H15F3N4O2. The lowest BCUT2D eigenvalue weighted by Crippen LogP contribution is -2.11. The third-order valence-electron chi connectivity index (χ3n) is 3.57. The number of hydrogen-bond acceptors (Lipinski definition) is 6. The summed E-state index contributed by atoms with van der Waals surface area (Å²) in [5, 5.41) is 2.84. The Morgan fingerprint density at radius 3 is 2.33 bits per heavy atom. The van der Waals surface area contributed by atoms with Crippen LogP contribution in [0.4, 0.5) is 24.7 Å². The second-order valence-corrected chi connectivity index (χ2v) is 5.37. The molecular weight excluding hydrogens is 361 g/mol. The fourth-order valence-corrected chi connectivity index (χ4v) is 2.33. The average molecular weight is 376 g/mol. The van der Waals surface area contributed by atoms with Crippen molar-refractivity contribution >= 4 is 11.5 Å². The molecule has 0 radical (unpaired) electrons. The molecule has 6 nitrogen and oxygen atoms in total. The Balaban J connectivity index is 2.02. The van der Waals surface area contributed by atoms with Gasteiger partial charge in [-0.15, -0.1) is 0 Å². The Labute approximate surface area is 153 Å². The van der Waals surface area contributed by atoms with Gasteiger partial charge in [-0.1, -0.05) is 6.07 Å². The van der Waals surface area contributed by atoms with Gasteiger partial charge in [-0.3, -0.25) is 4.98 Å². The monoisotopic (exact) mass is 376 g/mol. The van der Waals surface area contributed by atoms with E-state index >= 15 is 0 Å². The Hall–Kier alpha value is -3.36. The first kappa shape index (κ1) is 18.4. The van der Waals surface area contributed by atoms with Crippen LogP contribution in [0.5, 0.6) is 11.5 Å². The fraction of sp³-hybridized carbons (Fsp3) is 0.167. The maximum Gasteiger partial charge on any atom is 0.433 e. The average Bonchev–Trinajstić information content (AvgIpc) is 2.67. The molecule has 0 saturated heterocycles. The molecule has 0 aliphatic rings. The van der Waals surface area contributed by atoms with E-state index < -0.39 is 11.9 Å². The van der Waals surface area contributed by atoms with E-state index in [0.717, 1.165) is 6.07 Å². The molecule has 0 saturated carbocycles.